The molecule has 0 spiro atoms. The second-order valence-electron chi connectivity index (χ2n) is 3.18. The van der Waals surface area contributed by atoms with Crippen LogP contribution in [0.3, 0.4) is 0 Å². The lowest BCUT2D eigenvalue weighted by Crippen LogP contribution is -1.96. The summed E-state index contributed by atoms with van der Waals surface area (Å²) in [6, 6.07) is 7.83. The van der Waals surface area contributed by atoms with E-state index in [4.69, 9.17) is 11.6 Å². The molecule has 1 N–H and O–H groups in total. The minimum absolute atomic E-state index is 0.497. The van der Waals surface area contributed by atoms with E-state index in [-0.39, 0.29) is 0 Å². The molecule has 2 aromatic rings. The van der Waals surface area contributed by atoms with Gasteiger partial charge in [0.05, 0.1) is 4.47 Å². The molecule has 0 amide bonds. The first kappa shape index (κ1) is 11.4. The molecule has 0 saturated heterocycles. The summed E-state index contributed by atoms with van der Waals surface area (Å²) in [4.78, 5) is 8.25. The molecule has 0 saturated carbocycles. The molecular formula is C11H9BrClN3. The van der Waals surface area contributed by atoms with Crippen molar-refractivity contribution in [1.29, 1.82) is 0 Å². The Balaban J connectivity index is 2.16. The van der Waals surface area contributed by atoms with Gasteiger partial charge in [0, 0.05) is 24.0 Å². The molecule has 1 heterocycles. The predicted molar refractivity (Wildman–Crippen MR) is 69.0 cm³/mol. The summed E-state index contributed by atoms with van der Waals surface area (Å²) < 4.78 is 0.854. The number of anilines is 2. The van der Waals surface area contributed by atoms with E-state index in [0.29, 0.717) is 11.8 Å². The molecule has 0 aliphatic rings. The number of rotatable bonds is 3. The minimum atomic E-state index is 0.497. The fourth-order valence-corrected chi connectivity index (χ4v) is 1.61. The van der Waals surface area contributed by atoms with Crippen molar-refractivity contribution in [2.24, 2.45) is 0 Å². The Morgan fingerprint density at radius 3 is 2.69 bits per heavy atom. The number of alkyl halides is 1. The summed E-state index contributed by atoms with van der Waals surface area (Å²) in [7, 11) is 0. The molecule has 0 fully saturated rings. The summed E-state index contributed by atoms with van der Waals surface area (Å²) in [6.07, 6.45) is 3.39. The highest BCUT2D eigenvalue weighted by Gasteiger charge is 1.98. The van der Waals surface area contributed by atoms with Crippen LogP contribution in [0.1, 0.15) is 5.56 Å². The third kappa shape index (κ3) is 2.93. The van der Waals surface area contributed by atoms with E-state index in [1.165, 1.54) is 0 Å². The highest BCUT2D eigenvalue weighted by atomic mass is 79.9. The Bertz CT molecular complexity index is 473. The maximum absolute atomic E-state index is 5.76. The van der Waals surface area contributed by atoms with Crippen LogP contribution in [-0.2, 0) is 5.88 Å². The molecule has 2 rings (SSSR count). The summed E-state index contributed by atoms with van der Waals surface area (Å²) in [5.74, 6) is 1.06. The fraction of sp³-hybridized carbons (Fsp3) is 0.0909. The van der Waals surface area contributed by atoms with Crippen LogP contribution in [0.5, 0.6) is 0 Å². The van der Waals surface area contributed by atoms with Crippen LogP contribution in [-0.4, -0.2) is 9.97 Å². The monoisotopic (exact) mass is 297 g/mol. The quantitative estimate of drug-likeness (QED) is 0.878. The number of hydrogen-bond donors (Lipinski definition) is 1. The second kappa shape index (κ2) is 5.27. The molecule has 1 aromatic heterocycles. The molecule has 5 heteroatoms. The lowest BCUT2D eigenvalue weighted by atomic mass is 10.2. The molecule has 82 valence electrons. The first-order chi connectivity index (χ1) is 7.78. The van der Waals surface area contributed by atoms with E-state index < -0.39 is 0 Å². The van der Waals surface area contributed by atoms with Crippen molar-refractivity contribution in [3.8, 4) is 0 Å². The van der Waals surface area contributed by atoms with Crippen molar-refractivity contribution in [1.82, 2.24) is 9.97 Å². The first-order valence-electron chi connectivity index (χ1n) is 4.67. The van der Waals surface area contributed by atoms with E-state index >= 15 is 0 Å². The summed E-state index contributed by atoms with van der Waals surface area (Å²) >= 11 is 9.04. The van der Waals surface area contributed by atoms with Crippen molar-refractivity contribution >= 4 is 39.2 Å². The predicted octanol–water partition coefficient (Wildman–Crippen LogP) is 3.72. The van der Waals surface area contributed by atoms with Gasteiger partial charge in [0.25, 0.3) is 0 Å². The zero-order valence-corrected chi connectivity index (χ0v) is 10.7. The highest BCUT2D eigenvalue weighted by Crippen LogP contribution is 2.16. The van der Waals surface area contributed by atoms with Gasteiger partial charge < -0.3 is 5.32 Å². The minimum Gasteiger partial charge on any atom is -0.324 e. The summed E-state index contributed by atoms with van der Waals surface area (Å²) in [5, 5.41) is 3.10. The number of hydrogen-bond acceptors (Lipinski definition) is 3. The van der Waals surface area contributed by atoms with Crippen LogP contribution in [0, 0.1) is 0 Å². The Hall–Kier alpha value is -1.13. The molecule has 0 radical (unpaired) electrons. The Morgan fingerprint density at radius 1 is 1.25 bits per heavy atom. The Labute approximate surface area is 107 Å². The van der Waals surface area contributed by atoms with Gasteiger partial charge in [0.1, 0.15) is 0 Å². The van der Waals surface area contributed by atoms with Crippen molar-refractivity contribution < 1.29 is 0 Å². The number of nitrogens with one attached hydrogen (secondary N) is 1. The van der Waals surface area contributed by atoms with Crippen LogP contribution in [0.15, 0.2) is 41.1 Å². The molecule has 0 unspecified atom stereocenters. The first-order valence-corrected chi connectivity index (χ1v) is 6.00. The van der Waals surface area contributed by atoms with Crippen LogP contribution in [0.25, 0.3) is 0 Å². The number of halogens is 2. The van der Waals surface area contributed by atoms with Crippen LogP contribution >= 0.6 is 27.5 Å². The third-order valence-corrected chi connectivity index (χ3v) is 2.68. The van der Waals surface area contributed by atoms with Crippen LogP contribution < -0.4 is 5.32 Å². The van der Waals surface area contributed by atoms with Gasteiger partial charge >= 0.3 is 0 Å². The normalized spacial score (nSPS) is 10.1. The molecule has 1 aromatic carbocycles. The number of nitrogens with zero attached hydrogens (tertiary/aromatic N) is 2. The van der Waals surface area contributed by atoms with Gasteiger partial charge in [-0.25, -0.2) is 9.97 Å². The summed E-state index contributed by atoms with van der Waals surface area (Å²) in [6.45, 7) is 0. The average molecular weight is 299 g/mol. The van der Waals surface area contributed by atoms with Gasteiger partial charge in [-0.3, -0.25) is 0 Å². The van der Waals surface area contributed by atoms with Gasteiger partial charge in [0.2, 0.25) is 5.95 Å². The van der Waals surface area contributed by atoms with Gasteiger partial charge in [-0.2, -0.15) is 0 Å². The third-order valence-electron chi connectivity index (χ3n) is 1.96. The van der Waals surface area contributed by atoms with Gasteiger partial charge in [-0.1, -0.05) is 12.1 Å². The average Bonchev–Trinajstić information content (AvgIpc) is 2.32. The van der Waals surface area contributed by atoms with Crippen molar-refractivity contribution in [3.05, 3.63) is 46.7 Å². The van der Waals surface area contributed by atoms with E-state index in [2.05, 4.69) is 31.2 Å². The second-order valence-corrected chi connectivity index (χ2v) is 4.37. The van der Waals surface area contributed by atoms with Gasteiger partial charge in [-0.05, 0) is 33.6 Å². The van der Waals surface area contributed by atoms with Crippen LogP contribution in [0.4, 0.5) is 11.6 Å². The lowest BCUT2D eigenvalue weighted by molar-refractivity contribution is 1.15. The highest BCUT2D eigenvalue weighted by molar-refractivity contribution is 9.10. The van der Waals surface area contributed by atoms with E-state index in [1.807, 2.05) is 24.3 Å². The number of aromatic nitrogens is 2. The Kier molecular flexibility index (Phi) is 3.74. The van der Waals surface area contributed by atoms with E-state index in [9.17, 15) is 0 Å². The van der Waals surface area contributed by atoms with Crippen LogP contribution in [0.2, 0.25) is 0 Å². The zero-order chi connectivity index (χ0) is 11.4. The maximum atomic E-state index is 5.76. The topological polar surface area (TPSA) is 37.8 Å². The van der Waals surface area contributed by atoms with Crippen molar-refractivity contribution in [2.75, 3.05) is 5.32 Å². The zero-order valence-electron chi connectivity index (χ0n) is 8.32. The maximum Gasteiger partial charge on any atom is 0.227 e. The molecular weight excluding hydrogens is 289 g/mol. The lowest BCUT2D eigenvalue weighted by Gasteiger charge is -2.05. The molecule has 0 atom stereocenters. The van der Waals surface area contributed by atoms with Gasteiger partial charge in [-0.15, -0.1) is 11.6 Å². The summed E-state index contributed by atoms with van der Waals surface area (Å²) in [5.41, 5.74) is 1.99. The standard InChI is InChI=1S/C11H9BrClN3/c12-9-6-14-11(15-7-9)16-10-3-1-2-8(4-10)5-13/h1-4,6-7H,5H2,(H,14,15,16). The van der Waals surface area contributed by atoms with E-state index in [1.54, 1.807) is 12.4 Å². The largest absolute Gasteiger partial charge is 0.324 e. The SMILES string of the molecule is ClCc1cccc(Nc2ncc(Br)cn2)c1. The number of benzene rings is 1. The molecule has 3 nitrogen and oxygen atoms in total. The van der Waals surface area contributed by atoms with Gasteiger partial charge in [0.15, 0.2) is 0 Å². The molecule has 0 aliphatic carbocycles. The molecule has 0 aliphatic heterocycles. The smallest absolute Gasteiger partial charge is 0.227 e. The Morgan fingerprint density at radius 2 is 2.00 bits per heavy atom. The van der Waals surface area contributed by atoms with E-state index in [0.717, 1.165) is 15.7 Å². The van der Waals surface area contributed by atoms with Crippen molar-refractivity contribution in [3.63, 3.8) is 0 Å². The fourth-order valence-electron chi connectivity index (χ4n) is 1.24. The molecule has 0 bridgehead atoms. The molecule has 16 heavy (non-hydrogen) atoms. The van der Waals surface area contributed by atoms with Crippen molar-refractivity contribution in [2.45, 2.75) is 5.88 Å².